The maximum atomic E-state index is 4.21. The first-order valence-electron chi connectivity index (χ1n) is 6.92. The van der Waals surface area contributed by atoms with E-state index in [4.69, 9.17) is 0 Å². The summed E-state index contributed by atoms with van der Waals surface area (Å²) in [6, 6.07) is 1.16. The van der Waals surface area contributed by atoms with E-state index in [-0.39, 0.29) is 0 Å². The second-order valence-corrected chi connectivity index (χ2v) is 5.58. The quantitative estimate of drug-likeness (QED) is 0.868. The highest BCUT2D eigenvalue weighted by molar-refractivity contribution is 4.96. The van der Waals surface area contributed by atoms with Crippen molar-refractivity contribution < 1.29 is 0 Å². The number of nitrogens with one attached hydrogen (secondary N) is 1. The van der Waals surface area contributed by atoms with Crippen molar-refractivity contribution >= 4 is 0 Å². The van der Waals surface area contributed by atoms with Crippen LogP contribution in [0.4, 0.5) is 0 Å². The van der Waals surface area contributed by atoms with E-state index in [9.17, 15) is 0 Å². The van der Waals surface area contributed by atoms with Crippen molar-refractivity contribution in [3.8, 4) is 0 Å². The van der Waals surface area contributed by atoms with Gasteiger partial charge in [0.05, 0.1) is 5.69 Å². The SMILES string of the molecule is CCC(C)C1CNC(C)CN1Cc1cn(C)nn1. The Kier molecular flexibility index (Phi) is 4.35. The van der Waals surface area contributed by atoms with Crippen molar-refractivity contribution in [3.05, 3.63) is 11.9 Å². The van der Waals surface area contributed by atoms with Crippen molar-refractivity contribution in [2.24, 2.45) is 13.0 Å². The van der Waals surface area contributed by atoms with Gasteiger partial charge in [-0.3, -0.25) is 9.58 Å². The molecule has 0 spiro atoms. The third-order valence-electron chi connectivity index (χ3n) is 3.97. The smallest absolute Gasteiger partial charge is 0.0967 e. The predicted molar refractivity (Wildman–Crippen MR) is 72.1 cm³/mol. The van der Waals surface area contributed by atoms with Crippen LogP contribution >= 0.6 is 0 Å². The van der Waals surface area contributed by atoms with Crippen molar-refractivity contribution in [1.82, 2.24) is 25.2 Å². The zero-order valence-electron chi connectivity index (χ0n) is 11.9. The van der Waals surface area contributed by atoms with Gasteiger partial charge in [0.25, 0.3) is 0 Å². The molecule has 0 radical (unpaired) electrons. The molecule has 0 amide bonds. The normalized spacial score (nSPS) is 27.3. The molecule has 0 bridgehead atoms. The van der Waals surface area contributed by atoms with Crippen LogP contribution in [0.3, 0.4) is 0 Å². The summed E-state index contributed by atoms with van der Waals surface area (Å²) in [5.41, 5.74) is 1.07. The molecule has 1 aliphatic rings. The zero-order chi connectivity index (χ0) is 13.1. The van der Waals surface area contributed by atoms with Gasteiger partial charge < -0.3 is 5.32 Å². The Labute approximate surface area is 110 Å². The van der Waals surface area contributed by atoms with Crippen LogP contribution in [0.2, 0.25) is 0 Å². The molecule has 5 heteroatoms. The number of aryl methyl sites for hydroxylation is 1. The average Bonchev–Trinajstić information content (AvgIpc) is 2.74. The van der Waals surface area contributed by atoms with Crippen molar-refractivity contribution in [2.45, 2.75) is 45.8 Å². The Hall–Kier alpha value is -0.940. The van der Waals surface area contributed by atoms with Crippen LogP contribution in [0.5, 0.6) is 0 Å². The maximum absolute atomic E-state index is 4.21. The lowest BCUT2D eigenvalue weighted by atomic mass is 9.94. The topological polar surface area (TPSA) is 46.0 Å². The summed E-state index contributed by atoms with van der Waals surface area (Å²) >= 11 is 0. The van der Waals surface area contributed by atoms with E-state index < -0.39 is 0 Å². The van der Waals surface area contributed by atoms with E-state index in [1.165, 1.54) is 6.42 Å². The van der Waals surface area contributed by atoms with Gasteiger partial charge in [0, 0.05) is 45.0 Å². The maximum Gasteiger partial charge on any atom is 0.0967 e. The molecule has 2 rings (SSSR count). The molecule has 3 atom stereocenters. The van der Waals surface area contributed by atoms with Crippen LogP contribution in [-0.2, 0) is 13.6 Å². The van der Waals surface area contributed by atoms with Gasteiger partial charge in [-0.1, -0.05) is 25.5 Å². The fourth-order valence-corrected chi connectivity index (χ4v) is 2.69. The summed E-state index contributed by atoms with van der Waals surface area (Å²) in [5, 5.41) is 11.8. The van der Waals surface area contributed by atoms with Gasteiger partial charge in [-0.05, 0) is 12.8 Å². The fourth-order valence-electron chi connectivity index (χ4n) is 2.69. The highest BCUT2D eigenvalue weighted by Crippen LogP contribution is 2.19. The molecule has 1 aromatic rings. The summed E-state index contributed by atoms with van der Waals surface area (Å²) in [5.74, 6) is 0.710. The number of rotatable bonds is 4. The molecule has 0 aliphatic carbocycles. The molecule has 2 heterocycles. The minimum absolute atomic E-state index is 0.557. The van der Waals surface area contributed by atoms with Gasteiger partial charge in [-0.2, -0.15) is 0 Å². The van der Waals surface area contributed by atoms with Crippen LogP contribution in [0.15, 0.2) is 6.20 Å². The first-order valence-corrected chi connectivity index (χ1v) is 6.92. The standard InChI is InChI=1S/C13H25N5/c1-5-10(2)13-6-14-11(3)7-18(13)9-12-8-17(4)16-15-12/h8,10-11,13-14H,5-7,9H2,1-4H3. The van der Waals surface area contributed by atoms with Gasteiger partial charge in [0.2, 0.25) is 0 Å². The molecule has 1 N–H and O–H groups in total. The van der Waals surface area contributed by atoms with E-state index in [0.29, 0.717) is 18.0 Å². The molecule has 1 fully saturated rings. The molecule has 102 valence electrons. The molecular weight excluding hydrogens is 226 g/mol. The highest BCUT2D eigenvalue weighted by atomic mass is 15.4. The number of hydrogen-bond donors (Lipinski definition) is 1. The number of hydrogen-bond acceptors (Lipinski definition) is 4. The van der Waals surface area contributed by atoms with E-state index in [1.54, 1.807) is 4.68 Å². The van der Waals surface area contributed by atoms with Crippen LogP contribution < -0.4 is 5.32 Å². The number of aromatic nitrogens is 3. The summed E-state index contributed by atoms with van der Waals surface area (Å²) in [6.07, 6.45) is 3.23. The summed E-state index contributed by atoms with van der Waals surface area (Å²) in [4.78, 5) is 2.55. The van der Waals surface area contributed by atoms with Crippen LogP contribution in [0, 0.1) is 5.92 Å². The first-order chi connectivity index (χ1) is 8.60. The van der Waals surface area contributed by atoms with Gasteiger partial charge in [0.1, 0.15) is 0 Å². The van der Waals surface area contributed by atoms with Crippen LogP contribution in [0.1, 0.15) is 32.9 Å². The van der Waals surface area contributed by atoms with Crippen molar-refractivity contribution in [1.29, 1.82) is 0 Å². The molecule has 1 aromatic heterocycles. The lowest BCUT2D eigenvalue weighted by Gasteiger charge is -2.41. The predicted octanol–water partition coefficient (Wildman–Crippen LogP) is 1.02. The number of nitrogens with zero attached hydrogens (tertiary/aromatic N) is 4. The van der Waals surface area contributed by atoms with Gasteiger partial charge in [-0.25, -0.2) is 0 Å². The number of piperazine rings is 1. The van der Waals surface area contributed by atoms with Crippen molar-refractivity contribution in [3.63, 3.8) is 0 Å². The second kappa shape index (κ2) is 5.80. The molecule has 1 aliphatic heterocycles. The van der Waals surface area contributed by atoms with E-state index in [1.807, 2.05) is 13.2 Å². The molecule has 5 nitrogen and oxygen atoms in total. The summed E-state index contributed by atoms with van der Waals surface area (Å²) in [6.45, 7) is 9.93. The Balaban J connectivity index is 2.05. The van der Waals surface area contributed by atoms with E-state index in [2.05, 4.69) is 41.3 Å². The largest absolute Gasteiger partial charge is 0.311 e. The van der Waals surface area contributed by atoms with Crippen LogP contribution in [-0.4, -0.2) is 45.1 Å². The monoisotopic (exact) mass is 251 g/mol. The molecular formula is C13H25N5. The van der Waals surface area contributed by atoms with Gasteiger partial charge in [-0.15, -0.1) is 5.10 Å². The fraction of sp³-hybridized carbons (Fsp3) is 0.846. The second-order valence-electron chi connectivity index (χ2n) is 5.58. The van der Waals surface area contributed by atoms with E-state index >= 15 is 0 Å². The average molecular weight is 251 g/mol. The summed E-state index contributed by atoms with van der Waals surface area (Å²) in [7, 11) is 1.92. The molecule has 0 saturated carbocycles. The molecule has 18 heavy (non-hydrogen) atoms. The Morgan fingerprint density at radius 3 is 2.94 bits per heavy atom. The van der Waals surface area contributed by atoms with Gasteiger partial charge in [0.15, 0.2) is 0 Å². The zero-order valence-corrected chi connectivity index (χ0v) is 11.9. The molecule has 0 aromatic carbocycles. The van der Waals surface area contributed by atoms with Gasteiger partial charge >= 0.3 is 0 Å². The highest BCUT2D eigenvalue weighted by Gasteiger charge is 2.29. The minimum atomic E-state index is 0.557. The van der Waals surface area contributed by atoms with E-state index in [0.717, 1.165) is 25.3 Å². The lowest BCUT2D eigenvalue weighted by molar-refractivity contribution is 0.0873. The Morgan fingerprint density at radius 1 is 1.56 bits per heavy atom. The molecule has 1 saturated heterocycles. The lowest BCUT2D eigenvalue weighted by Crippen LogP contribution is -2.57. The van der Waals surface area contributed by atoms with Crippen molar-refractivity contribution in [2.75, 3.05) is 13.1 Å². The first kappa shape index (κ1) is 13.5. The third kappa shape index (κ3) is 3.09. The van der Waals surface area contributed by atoms with Crippen LogP contribution in [0.25, 0.3) is 0 Å². The summed E-state index contributed by atoms with van der Waals surface area (Å²) < 4.78 is 1.78. The Bertz CT molecular complexity index is 375. The molecule has 3 unspecified atom stereocenters. The minimum Gasteiger partial charge on any atom is -0.311 e. The third-order valence-corrected chi connectivity index (χ3v) is 3.97. The Morgan fingerprint density at radius 2 is 2.33 bits per heavy atom.